The summed E-state index contributed by atoms with van der Waals surface area (Å²) in [5, 5.41) is 13.1. The van der Waals surface area contributed by atoms with Crippen molar-refractivity contribution in [2.24, 2.45) is 5.92 Å². The van der Waals surface area contributed by atoms with Crippen molar-refractivity contribution in [3.8, 4) is 0 Å². The van der Waals surface area contributed by atoms with Gasteiger partial charge in [-0.2, -0.15) is 0 Å². The van der Waals surface area contributed by atoms with Gasteiger partial charge in [-0.25, -0.2) is 0 Å². The first-order valence-electron chi connectivity index (χ1n) is 7.95. The molecule has 22 heavy (non-hydrogen) atoms. The van der Waals surface area contributed by atoms with Crippen LogP contribution in [0.15, 0.2) is 53.6 Å². The summed E-state index contributed by atoms with van der Waals surface area (Å²) in [6.07, 6.45) is 2.31. The second-order valence-electron chi connectivity index (χ2n) is 6.95. The van der Waals surface area contributed by atoms with Crippen molar-refractivity contribution in [2.75, 3.05) is 0 Å². The van der Waals surface area contributed by atoms with Crippen LogP contribution in [0.4, 0.5) is 0 Å². The summed E-state index contributed by atoms with van der Waals surface area (Å²) in [6, 6.07) is 12.7. The fourth-order valence-electron chi connectivity index (χ4n) is 3.74. The number of aliphatic hydroxyl groups is 1. The summed E-state index contributed by atoms with van der Waals surface area (Å²) in [4.78, 5) is 0. The molecule has 1 aliphatic rings. The number of hydrogen-bond acceptors (Lipinski definition) is 1. The lowest BCUT2D eigenvalue weighted by atomic mass is 9.82. The van der Waals surface area contributed by atoms with E-state index in [4.69, 9.17) is 0 Å². The van der Waals surface area contributed by atoms with Gasteiger partial charge in [-0.05, 0) is 60.7 Å². The molecule has 1 atom stereocenters. The van der Waals surface area contributed by atoms with Crippen LogP contribution >= 0.6 is 0 Å². The maximum absolute atomic E-state index is 10.8. The molecule has 0 aromatic heterocycles. The lowest BCUT2D eigenvalue weighted by molar-refractivity contribution is 0.0799. The Morgan fingerprint density at radius 3 is 2.27 bits per heavy atom. The molecular weight excluding hydrogens is 268 g/mol. The molecule has 1 heteroatoms. The molecular formula is C21H24O. The molecule has 0 fully saturated rings. The van der Waals surface area contributed by atoms with Crippen molar-refractivity contribution in [2.45, 2.75) is 40.2 Å². The molecule has 3 rings (SSSR count). The Bertz CT molecular complexity index is 800. The largest absolute Gasteiger partial charge is 0.386 e. The van der Waals surface area contributed by atoms with Gasteiger partial charge >= 0.3 is 0 Å². The van der Waals surface area contributed by atoms with Crippen LogP contribution in [0.2, 0.25) is 0 Å². The molecule has 1 unspecified atom stereocenters. The predicted octanol–water partition coefficient (Wildman–Crippen LogP) is 5.44. The second kappa shape index (κ2) is 5.10. The smallest absolute Gasteiger partial charge is 0.0852 e. The number of rotatable bonds is 2. The number of benzene rings is 2. The van der Waals surface area contributed by atoms with Crippen molar-refractivity contribution >= 4 is 16.3 Å². The van der Waals surface area contributed by atoms with Gasteiger partial charge in [0.1, 0.15) is 0 Å². The Morgan fingerprint density at radius 2 is 1.68 bits per heavy atom. The average Bonchev–Trinajstić information content (AvgIpc) is 2.70. The van der Waals surface area contributed by atoms with Gasteiger partial charge in [0.25, 0.3) is 0 Å². The lowest BCUT2D eigenvalue weighted by Crippen LogP contribution is -2.19. The first-order chi connectivity index (χ1) is 10.3. The zero-order chi connectivity index (χ0) is 16.1. The van der Waals surface area contributed by atoms with E-state index in [0.29, 0.717) is 5.92 Å². The first-order valence-corrected chi connectivity index (χ1v) is 7.95. The molecule has 0 saturated carbocycles. The fourth-order valence-corrected chi connectivity index (χ4v) is 3.74. The molecule has 2 aromatic rings. The van der Waals surface area contributed by atoms with Gasteiger partial charge in [-0.3, -0.25) is 0 Å². The molecule has 0 aliphatic heterocycles. The normalized spacial score (nSPS) is 19.0. The van der Waals surface area contributed by atoms with E-state index in [1.54, 1.807) is 0 Å². The van der Waals surface area contributed by atoms with E-state index >= 15 is 0 Å². The highest BCUT2D eigenvalue weighted by Crippen LogP contribution is 2.43. The summed E-state index contributed by atoms with van der Waals surface area (Å²) in [5.74, 6) is 0.391. The Morgan fingerprint density at radius 1 is 1.00 bits per heavy atom. The quantitative estimate of drug-likeness (QED) is 0.781. The van der Waals surface area contributed by atoms with Crippen molar-refractivity contribution in [3.05, 3.63) is 64.7 Å². The fraction of sp³-hybridized carbons (Fsp3) is 0.333. The first kappa shape index (κ1) is 15.1. The Labute approximate surface area is 133 Å². The Balaban J connectivity index is 2.37. The predicted molar refractivity (Wildman–Crippen MR) is 94.7 cm³/mol. The van der Waals surface area contributed by atoms with Crippen molar-refractivity contribution in [1.29, 1.82) is 0 Å². The van der Waals surface area contributed by atoms with Gasteiger partial charge in [0.2, 0.25) is 0 Å². The highest BCUT2D eigenvalue weighted by molar-refractivity contribution is 5.93. The molecule has 2 aromatic carbocycles. The molecule has 0 saturated heterocycles. The van der Waals surface area contributed by atoms with Crippen molar-refractivity contribution < 1.29 is 5.11 Å². The highest BCUT2D eigenvalue weighted by Gasteiger charge is 2.28. The van der Waals surface area contributed by atoms with Crippen molar-refractivity contribution in [1.82, 2.24) is 0 Å². The molecule has 1 N–H and O–H groups in total. The summed E-state index contributed by atoms with van der Waals surface area (Å²) in [7, 11) is 0. The summed E-state index contributed by atoms with van der Waals surface area (Å²) in [6.45, 7) is 10.4. The van der Waals surface area contributed by atoms with Crippen LogP contribution in [0.1, 0.15) is 45.7 Å². The van der Waals surface area contributed by atoms with Crippen LogP contribution < -0.4 is 0 Å². The van der Waals surface area contributed by atoms with E-state index in [1.165, 1.54) is 27.7 Å². The van der Waals surface area contributed by atoms with Gasteiger partial charge in [-0.15, -0.1) is 0 Å². The van der Waals surface area contributed by atoms with E-state index in [2.05, 4.69) is 51.1 Å². The number of allylic oxidation sites excluding steroid dienone is 4. The van der Waals surface area contributed by atoms with Crippen LogP contribution in [0.5, 0.6) is 0 Å². The molecule has 0 spiro atoms. The molecule has 0 heterocycles. The monoisotopic (exact) mass is 292 g/mol. The summed E-state index contributed by atoms with van der Waals surface area (Å²) < 4.78 is 0. The zero-order valence-electron chi connectivity index (χ0n) is 14.1. The maximum atomic E-state index is 10.8. The third kappa shape index (κ3) is 2.30. The van der Waals surface area contributed by atoms with Gasteiger partial charge in [0.05, 0.1) is 5.60 Å². The molecule has 1 aliphatic carbocycles. The van der Waals surface area contributed by atoms with Crippen LogP contribution in [0, 0.1) is 5.92 Å². The van der Waals surface area contributed by atoms with Crippen LogP contribution in [0.3, 0.4) is 0 Å². The maximum Gasteiger partial charge on any atom is 0.0852 e. The van der Waals surface area contributed by atoms with Gasteiger partial charge in [-0.1, -0.05) is 55.0 Å². The summed E-state index contributed by atoms with van der Waals surface area (Å²) in [5.41, 5.74) is 5.38. The third-order valence-corrected chi connectivity index (χ3v) is 4.78. The molecule has 0 bridgehead atoms. The minimum absolute atomic E-state index is 0.391. The van der Waals surface area contributed by atoms with Crippen LogP contribution in [-0.2, 0) is 5.60 Å². The van der Waals surface area contributed by atoms with Gasteiger partial charge in [0.15, 0.2) is 0 Å². The minimum atomic E-state index is -0.875. The highest BCUT2D eigenvalue weighted by atomic mass is 16.3. The third-order valence-electron chi connectivity index (χ3n) is 4.78. The number of hydrogen-bond donors (Lipinski definition) is 1. The Hall–Kier alpha value is -1.86. The topological polar surface area (TPSA) is 20.2 Å². The van der Waals surface area contributed by atoms with E-state index in [-0.39, 0.29) is 0 Å². The van der Waals surface area contributed by atoms with Crippen LogP contribution in [0.25, 0.3) is 16.3 Å². The molecule has 114 valence electrons. The summed E-state index contributed by atoms with van der Waals surface area (Å²) >= 11 is 0. The zero-order valence-corrected chi connectivity index (χ0v) is 14.1. The van der Waals surface area contributed by atoms with E-state index < -0.39 is 5.60 Å². The average molecular weight is 292 g/mol. The number of fused-ring (bicyclic) bond motifs is 1. The van der Waals surface area contributed by atoms with Crippen LogP contribution in [-0.4, -0.2) is 5.11 Å². The van der Waals surface area contributed by atoms with Gasteiger partial charge < -0.3 is 5.11 Å². The van der Waals surface area contributed by atoms with Gasteiger partial charge in [0, 0.05) is 5.92 Å². The lowest BCUT2D eigenvalue weighted by Gasteiger charge is -2.26. The standard InChI is InChI=1S/C21H24O/c1-13-12-14(2)19(15(13)3)18-11-10-16-8-6-7-9-17(16)20(18)21(4,5)22/h6-12,14,22H,1-5H3. The minimum Gasteiger partial charge on any atom is -0.386 e. The molecule has 1 nitrogen and oxygen atoms in total. The molecule has 0 amide bonds. The van der Waals surface area contributed by atoms with Crippen molar-refractivity contribution in [3.63, 3.8) is 0 Å². The molecule has 0 radical (unpaired) electrons. The Kier molecular flexibility index (Phi) is 3.49. The van der Waals surface area contributed by atoms with E-state index in [0.717, 1.165) is 10.9 Å². The van der Waals surface area contributed by atoms with E-state index in [1.807, 2.05) is 26.0 Å². The van der Waals surface area contributed by atoms with E-state index in [9.17, 15) is 5.11 Å². The SMILES string of the molecule is CC1=CC(C)C(c2ccc3ccccc3c2C(C)(C)O)=C1C. The second-order valence-corrected chi connectivity index (χ2v) is 6.95.